The van der Waals surface area contributed by atoms with Gasteiger partial charge < -0.3 is 10.1 Å². The van der Waals surface area contributed by atoms with Crippen molar-refractivity contribution >= 4 is 11.8 Å². The molecule has 1 saturated carbocycles. The van der Waals surface area contributed by atoms with Crippen molar-refractivity contribution in [2.75, 3.05) is 19.0 Å². The number of anilines is 1. The van der Waals surface area contributed by atoms with E-state index in [1.165, 1.54) is 43.2 Å². The van der Waals surface area contributed by atoms with Gasteiger partial charge in [-0.15, -0.1) is 0 Å². The van der Waals surface area contributed by atoms with Crippen LogP contribution in [0.5, 0.6) is 0 Å². The molecule has 0 unspecified atom stereocenters. The zero-order chi connectivity index (χ0) is 14.7. The summed E-state index contributed by atoms with van der Waals surface area (Å²) in [5.74, 6) is 1.71. The van der Waals surface area contributed by atoms with Gasteiger partial charge in [0.2, 0.25) is 0 Å². The fourth-order valence-corrected chi connectivity index (χ4v) is 3.05. The van der Waals surface area contributed by atoms with Crippen LogP contribution in [0.4, 0.5) is 5.82 Å². The molecule has 1 aromatic rings. The highest BCUT2D eigenvalue weighted by Crippen LogP contribution is 2.43. The first kappa shape index (κ1) is 14.4. The van der Waals surface area contributed by atoms with E-state index in [2.05, 4.69) is 16.1 Å². The standard InChI is InChI=1S/C17H24N2O2/c1-21-16(20)7-3-2-6-15-14(12-8-9-12)11-13-5-4-10-18-17(13)19-15/h11-12H,2-10H2,1H3,(H,18,19). The number of unbranched alkanes of at least 4 members (excludes halogenated alkanes) is 1. The third kappa shape index (κ3) is 3.55. The second kappa shape index (κ2) is 6.46. The molecule has 21 heavy (non-hydrogen) atoms. The molecule has 114 valence electrons. The fourth-order valence-electron chi connectivity index (χ4n) is 3.05. The van der Waals surface area contributed by atoms with Crippen molar-refractivity contribution in [2.45, 2.75) is 57.3 Å². The minimum Gasteiger partial charge on any atom is -0.469 e. The van der Waals surface area contributed by atoms with Crippen LogP contribution in [0.2, 0.25) is 0 Å². The molecule has 2 aliphatic rings. The van der Waals surface area contributed by atoms with Gasteiger partial charge in [0.15, 0.2) is 0 Å². The lowest BCUT2D eigenvalue weighted by atomic mass is 9.98. The summed E-state index contributed by atoms with van der Waals surface area (Å²) in [5, 5.41) is 3.42. The Bertz CT molecular complexity index is 524. The Morgan fingerprint density at radius 2 is 2.29 bits per heavy atom. The van der Waals surface area contributed by atoms with Gasteiger partial charge in [-0.3, -0.25) is 4.79 Å². The molecule has 0 amide bonds. The summed E-state index contributed by atoms with van der Waals surface area (Å²) in [4.78, 5) is 16.0. The number of carbonyl (C=O) groups is 1. The summed E-state index contributed by atoms with van der Waals surface area (Å²) in [5.41, 5.74) is 4.10. The summed E-state index contributed by atoms with van der Waals surface area (Å²) < 4.78 is 4.68. The van der Waals surface area contributed by atoms with Crippen LogP contribution in [0.15, 0.2) is 6.07 Å². The molecule has 1 N–H and O–H groups in total. The monoisotopic (exact) mass is 288 g/mol. The number of carbonyl (C=O) groups excluding carboxylic acids is 1. The van der Waals surface area contributed by atoms with Crippen LogP contribution in [0.1, 0.15) is 61.3 Å². The minimum atomic E-state index is -0.113. The number of esters is 1. The maximum absolute atomic E-state index is 11.2. The SMILES string of the molecule is COC(=O)CCCCc1nc2c(cc1C1CC1)CCCN2. The number of rotatable bonds is 6. The van der Waals surface area contributed by atoms with Crippen molar-refractivity contribution in [3.8, 4) is 0 Å². The van der Waals surface area contributed by atoms with Crippen LogP contribution >= 0.6 is 0 Å². The number of pyridine rings is 1. The molecule has 0 bridgehead atoms. The third-order valence-electron chi connectivity index (χ3n) is 4.42. The van der Waals surface area contributed by atoms with Crippen molar-refractivity contribution in [2.24, 2.45) is 0 Å². The molecular weight excluding hydrogens is 264 g/mol. The Morgan fingerprint density at radius 3 is 3.05 bits per heavy atom. The number of nitrogens with one attached hydrogen (secondary N) is 1. The largest absolute Gasteiger partial charge is 0.469 e. The van der Waals surface area contributed by atoms with Crippen LogP contribution in [0.25, 0.3) is 0 Å². The van der Waals surface area contributed by atoms with E-state index in [0.29, 0.717) is 6.42 Å². The van der Waals surface area contributed by atoms with Crippen molar-refractivity contribution in [3.05, 3.63) is 22.9 Å². The number of aryl methyl sites for hydroxylation is 2. The van der Waals surface area contributed by atoms with Gasteiger partial charge >= 0.3 is 5.97 Å². The first-order valence-corrected chi connectivity index (χ1v) is 8.11. The van der Waals surface area contributed by atoms with E-state index in [4.69, 9.17) is 4.98 Å². The van der Waals surface area contributed by atoms with Gasteiger partial charge in [0.05, 0.1) is 7.11 Å². The molecule has 3 rings (SSSR count). The van der Waals surface area contributed by atoms with Gasteiger partial charge in [-0.1, -0.05) is 6.07 Å². The number of aromatic nitrogens is 1. The summed E-state index contributed by atoms with van der Waals surface area (Å²) in [7, 11) is 1.45. The highest BCUT2D eigenvalue weighted by atomic mass is 16.5. The fraction of sp³-hybridized carbons (Fsp3) is 0.647. The number of hydrogen-bond donors (Lipinski definition) is 1. The first-order chi connectivity index (χ1) is 10.3. The smallest absolute Gasteiger partial charge is 0.305 e. The van der Waals surface area contributed by atoms with Gasteiger partial charge in [0, 0.05) is 18.7 Å². The normalized spacial score (nSPS) is 17.0. The van der Waals surface area contributed by atoms with Crippen molar-refractivity contribution in [1.29, 1.82) is 0 Å². The number of methoxy groups -OCH3 is 1. The molecule has 0 atom stereocenters. The number of hydrogen-bond acceptors (Lipinski definition) is 4. The molecule has 4 nitrogen and oxygen atoms in total. The van der Waals surface area contributed by atoms with E-state index >= 15 is 0 Å². The summed E-state index contributed by atoms with van der Waals surface area (Å²) in [6, 6.07) is 2.39. The van der Waals surface area contributed by atoms with E-state index in [1.54, 1.807) is 0 Å². The molecule has 1 aliphatic carbocycles. The van der Waals surface area contributed by atoms with Crippen molar-refractivity contribution in [3.63, 3.8) is 0 Å². The predicted octanol–water partition coefficient (Wildman–Crippen LogP) is 3.20. The van der Waals surface area contributed by atoms with Crippen LogP contribution < -0.4 is 5.32 Å². The maximum Gasteiger partial charge on any atom is 0.305 e. The Hall–Kier alpha value is -1.58. The zero-order valence-corrected chi connectivity index (χ0v) is 12.8. The molecule has 1 aliphatic heterocycles. The lowest BCUT2D eigenvalue weighted by molar-refractivity contribution is -0.140. The van der Waals surface area contributed by atoms with E-state index in [0.717, 1.165) is 44.0 Å². The molecule has 0 radical (unpaired) electrons. The molecule has 1 aromatic heterocycles. The third-order valence-corrected chi connectivity index (χ3v) is 4.42. The highest BCUT2D eigenvalue weighted by Gasteiger charge is 2.28. The van der Waals surface area contributed by atoms with Crippen LogP contribution in [-0.4, -0.2) is 24.6 Å². The second-order valence-corrected chi connectivity index (χ2v) is 6.12. The zero-order valence-electron chi connectivity index (χ0n) is 12.8. The lowest BCUT2D eigenvalue weighted by Crippen LogP contribution is -2.15. The van der Waals surface area contributed by atoms with E-state index in [9.17, 15) is 4.79 Å². The van der Waals surface area contributed by atoms with Crippen LogP contribution in [0, 0.1) is 0 Å². The van der Waals surface area contributed by atoms with E-state index in [1.807, 2.05) is 0 Å². The molecule has 0 aromatic carbocycles. The average Bonchev–Trinajstić information content (AvgIpc) is 3.35. The number of nitrogens with zero attached hydrogens (tertiary/aromatic N) is 1. The summed E-state index contributed by atoms with van der Waals surface area (Å²) in [6.07, 6.45) is 8.33. The van der Waals surface area contributed by atoms with Crippen LogP contribution in [-0.2, 0) is 22.4 Å². The Kier molecular flexibility index (Phi) is 4.42. The van der Waals surface area contributed by atoms with Gasteiger partial charge in [-0.05, 0) is 62.0 Å². The Labute approximate surface area is 126 Å². The second-order valence-electron chi connectivity index (χ2n) is 6.12. The van der Waals surface area contributed by atoms with Crippen molar-refractivity contribution < 1.29 is 9.53 Å². The predicted molar refractivity (Wildman–Crippen MR) is 82.6 cm³/mol. The van der Waals surface area contributed by atoms with Gasteiger partial charge in [0.1, 0.15) is 5.82 Å². The Morgan fingerprint density at radius 1 is 1.43 bits per heavy atom. The maximum atomic E-state index is 11.2. The topological polar surface area (TPSA) is 51.2 Å². The lowest BCUT2D eigenvalue weighted by Gasteiger charge is -2.20. The molecule has 0 spiro atoms. The van der Waals surface area contributed by atoms with Gasteiger partial charge in [0.25, 0.3) is 0 Å². The molecule has 2 heterocycles. The van der Waals surface area contributed by atoms with Gasteiger partial charge in [-0.2, -0.15) is 0 Å². The Balaban J connectivity index is 1.66. The first-order valence-electron chi connectivity index (χ1n) is 8.11. The minimum absolute atomic E-state index is 0.113. The molecule has 0 saturated heterocycles. The summed E-state index contributed by atoms with van der Waals surface area (Å²) in [6.45, 7) is 1.03. The number of ether oxygens (including phenoxy) is 1. The van der Waals surface area contributed by atoms with Crippen LogP contribution in [0.3, 0.4) is 0 Å². The van der Waals surface area contributed by atoms with Gasteiger partial charge in [-0.25, -0.2) is 4.98 Å². The van der Waals surface area contributed by atoms with E-state index in [-0.39, 0.29) is 5.97 Å². The highest BCUT2D eigenvalue weighted by molar-refractivity contribution is 5.69. The number of fused-ring (bicyclic) bond motifs is 1. The molecule has 1 fully saturated rings. The van der Waals surface area contributed by atoms with Crippen molar-refractivity contribution in [1.82, 2.24) is 4.98 Å². The molecular formula is C17H24N2O2. The van der Waals surface area contributed by atoms with E-state index < -0.39 is 0 Å². The summed E-state index contributed by atoms with van der Waals surface area (Å²) >= 11 is 0. The average molecular weight is 288 g/mol. The quantitative estimate of drug-likeness (QED) is 0.645. The molecule has 4 heteroatoms.